The normalized spacial score (nSPS) is 22.4. The molecule has 1 aliphatic rings. The van der Waals surface area contributed by atoms with Gasteiger partial charge in [0, 0.05) is 16.7 Å². The molecule has 0 aromatic rings. The molecule has 23 heavy (non-hydrogen) atoms. The van der Waals surface area contributed by atoms with Crippen LogP contribution in [0.5, 0.6) is 0 Å². The van der Waals surface area contributed by atoms with Crippen LogP contribution in [0.2, 0.25) is 0 Å². The Morgan fingerprint density at radius 3 is 1.57 bits per heavy atom. The molecule has 0 aromatic heterocycles. The Morgan fingerprint density at radius 1 is 0.783 bits per heavy atom. The zero-order valence-corrected chi connectivity index (χ0v) is 17.8. The smallest absolute Gasteiger partial charge is 0.0702 e. The Balaban J connectivity index is 3.73. The van der Waals surface area contributed by atoms with Crippen molar-refractivity contribution < 1.29 is 4.74 Å². The Labute approximate surface area is 145 Å². The molecule has 1 heterocycles. The van der Waals surface area contributed by atoms with Crippen molar-refractivity contribution in [2.75, 3.05) is 13.2 Å². The van der Waals surface area contributed by atoms with Gasteiger partial charge >= 0.3 is 0 Å². The van der Waals surface area contributed by atoms with Gasteiger partial charge < -0.3 is 9.64 Å². The van der Waals surface area contributed by atoms with Crippen LogP contribution in [0, 0.1) is 16.2 Å². The van der Waals surface area contributed by atoms with E-state index >= 15 is 0 Å². The number of hydrogen-bond acceptors (Lipinski definition) is 2. The Bertz CT molecular complexity index is 446. The lowest BCUT2D eigenvalue weighted by Gasteiger charge is -2.52. The van der Waals surface area contributed by atoms with Gasteiger partial charge in [0.1, 0.15) is 0 Å². The van der Waals surface area contributed by atoms with Crippen LogP contribution in [0.25, 0.3) is 0 Å². The first-order valence-corrected chi connectivity index (χ1v) is 9.08. The quantitative estimate of drug-likeness (QED) is 0.552. The molecule has 2 nitrogen and oxygen atoms in total. The maximum Gasteiger partial charge on any atom is 0.0702 e. The van der Waals surface area contributed by atoms with Crippen LogP contribution in [0.15, 0.2) is 11.3 Å². The second-order valence-corrected chi connectivity index (χ2v) is 11.3. The predicted molar refractivity (Wildman–Crippen MR) is 102 cm³/mol. The van der Waals surface area contributed by atoms with E-state index in [-0.39, 0.29) is 21.8 Å². The van der Waals surface area contributed by atoms with E-state index in [1.54, 1.807) is 0 Å². The van der Waals surface area contributed by atoms with E-state index in [2.05, 4.69) is 88.0 Å². The summed E-state index contributed by atoms with van der Waals surface area (Å²) in [6.45, 7) is 29.5. The summed E-state index contributed by atoms with van der Waals surface area (Å²) in [5.41, 5.74) is 3.36. The minimum absolute atomic E-state index is 0.0603. The molecule has 1 aliphatic heterocycles. The van der Waals surface area contributed by atoms with Gasteiger partial charge in [-0.15, -0.1) is 0 Å². The molecule has 1 atom stereocenters. The van der Waals surface area contributed by atoms with E-state index in [9.17, 15) is 0 Å². The number of ether oxygens (including phenoxy) is 1. The Morgan fingerprint density at radius 2 is 1.26 bits per heavy atom. The van der Waals surface area contributed by atoms with Crippen molar-refractivity contribution in [3.63, 3.8) is 0 Å². The summed E-state index contributed by atoms with van der Waals surface area (Å²) in [6.07, 6.45) is 0. The van der Waals surface area contributed by atoms with Crippen molar-refractivity contribution in [1.29, 1.82) is 0 Å². The highest BCUT2D eigenvalue weighted by atomic mass is 16.5. The molecule has 0 spiro atoms. The van der Waals surface area contributed by atoms with Gasteiger partial charge in [-0.3, -0.25) is 0 Å². The molecule has 0 bridgehead atoms. The molecular weight excluding hydrogens is 282 g/mol. The molecule has 0 fully saturated rings. The zero-order chi connectivity index (χ0) is 18.4. The highest BCUT2D eigenvalue weighted by Gasteiger charge is 2.44. The fraction of sp³-hybridized carbons (Fsp3) is 0.905. The highest BCUT2D eigenvalue weighted by molar-refractivity contribution is 5.28. The van der Waals surface area contributed by atoms with Crippen molar-refractivity contribution in [2.24, 2.45) is 16.2 Å². The van der Waals surface area contributed by atoms with Gasteiger partial charge in [0.05, 0.1) is 19.3 Å². The lowest BCUT2D eigenvalue weighted by atomic mass is 9.75. The molecule has 1 unspecified atom stereocenters. The third kappa shape index (κ3) is 4.75. The zero-order valence-electron chi connectivity index (χ0n) is 17.8. The van der Waals surface area contributed by atoms with Crippen molar-refractivity contribution in [1.82, 2.24) is 4.90 Å². The van der Waals surface area contributed by atoms with E-state index in [0.717, 1.165) is 13.2 Å². The fourth-order valence-corrected chi connectivity index (χ4v) is 3.54. The van der Waals surface area contributed by atoms with Crippen LogP contribution in [0.1, 0.15) is 83.1 Å². The van der Waals surface area contributed by atoms with Gasteiger partial charge in [0.2, 0.25) is 0 Å². The van der Waals surface area contributed by atoms with Crippen LogP contribution >= 0.6 is 0 Å². The van der Waals surface area contributed by atoms with Crippen LogP contribution in [0.4, 0.5) is 0 Å². The maximum atomic E-state index is 6.22. The molecule has 0 saturated carbocycles. The van der Waals surface area contributed by atoms with Crippen LogP contribution < -0.4 is 0 Å². The van der Waals surface area contributed by atoms with Crippen molar-refractivity contribution >= 4 is 0 Å². The summed E-state index contributed by atoms with van der Waals surface area (Å²) >= 11 is 0. The maximum absolute atomic E-state index is 6.22. The second-order valence-electron chi connectivity index (χ2n) is 11.3. The van der Waals surface area contributed by atoms with Gasteiger partial charge in [-0.1, -0.05) is 62.3 Å². The standard InChI is InChI=1S/C21H41NO/c1-18(2,3)15-13-23-14-16(19(4,5)6)22(21(10,11)12)17(15)20(7,8)9/h16H,13-14H2,1-12H3. The predicted octanol–water partition coefficient (Wildman–Crippen LogP) is 5.88. The average Bonchev–Trinajstić information content (AvgIpc) is 2.44. The summed E-state index contributed by atoms with van der Waals surface area (Å²) in [7, 11) is 0. The van der Waals surface area contributed by atoms with E-state index in [1.807, 2.05) is 0 Å². The molecular formula is C21H41NO. The van der Waals surface area contributed by atoms with Gasteiger partial charge in [0.15, 0.2) is 0 Å². The van der Waals surface area contributed by atoms with Gasteiger partial charge in [-0.05, 0) is 37.2 Å². The molecule has 0 N–H and O–H groups in total. The van der Waals surface area contributed by atoms with E-state index in [4.69, 9.17) is 4.74 Å². The molecule has 0 aromatic carbocycles. The van der Waals surface area contributed by atoms with Crippen molar-refractivity contribution in [2.45, 2.75) is 94.7 Å². The summed E-state index contributed by atoms with van der Waals surface area (Å²) in [4.78, 5) is 2.68. The highest BCUT2D eigenvalue weighted by Crippen LogP contribution is 2.46. The number of allylic oxidation sites excluding steroid dienone is 1. The van der Waals surface area contributed by atoms with Crippen LogP contribution in [-0.4, -0.2) is 29.7 Å². The minimum atomic E-state index is 0.0603. The third-order valence-electron chi connectivity index (χ3n) is 4.70. The largest absolute Gasteiger partial charge is 0.375 e. The molecule has 0 radical (unpaired) electrons. The van der Waals surface area contributed by atoms with Crippen LogP contribution in [0.3, 0.4) is 0 Å². The van der Waals surface area contributed by atoms with E-state index < -0.39 is 0 Å². The van der Waals surface area contributed by atoms with Gasteiger partial charge in [-0.2, -0.15) is 0 Å². The number of rotatable bonds is 0. The van der Waals surface area contributed by atoms with Crippen molar-refractivity contribution in [3.8, 4) is 0 Å². The fourth-order valence-electron chi connectivity index (χ4n) is 3.54. The summed E-state index contributed by atoms with van der Waals surface area (Å²) < 4.78 is 6.22. The number of hydrogen-bond donors (Lipinski definition) is 0. The second kappa shape index (κ2) is 6.10. The number of nitrogens with zero attached hydrogens (tertiary/aromatic N) is 1. The van der Waals surface area contributed by atoms with Crippen molar-refractivity contribution in [3.05, 3.63) is 11.3 Å². The average molecular weight is 324 g/mol. The summed E-state index contributed by atoms with van der Waals surface area (Å²) in [5.74, 6) is 0. The van der Waals surface area contributed by atoms with Gasteiger partial charge in [0.25, 0.3) is 0 Å². The first-order chi connectivity index (χ1) is 9.97. The molecule has 0 aliphatic carbocycles. The lowest BCUT2D eigenvalue weighted by Crippen LogP contribution is -2.56. The first kappa shape index (κ1) is 20.5. The molecule has 2 heteroatoms. The molecule has 0 saturated heterocycles. The van der Waals surface area contributed by atoms with Crippen LogP contribution in [-0.2, 0) is 4.74 Å². The third-order valence-corrected chi connectivity index (χ3v) is 4.70. The topological polar surface area (TPSA) is 12.5 Å². The van der Waals surface area contributed by atoms with E-state index in [0.29, 0.717) is 6.04 Å². The SMILES string of the molecule is CC(C)(C)C1=C(C(C)(C)C)N(C(C)(C)C)C(C(C)(C)C)COC1. The minimum Gasteiger partial charge on any atom is -0.375 e. The van der Waals surface area contributed by atoms with E-state index in [1.165, 1.54) is 11.3 Å². The lowest BCUT2D eigenvalue weighted by molar-refractivity contribution is -0.00440. The molecule has 0 amide bonds. The van der Waals surface area contributed by atoms with Gasteiger partial charge in [-0.25, -0.2) is 0 Å². The molecule has 136 valence electrons. The monoisotopic (exact) mass is 323 g/mol. The summed E-state index contributed by atoms with van der Waals surface area (Å²) in [6, 6.07) is 0.372. The summed E-state index contributed by atoms with van der Waals surface area (Å²) in [5, 5.41) is 0. The first-order valence-electron chi connectivity index (χ1n) is 9.08. The molecule has 1 rings (SSSR count). The Kier molecular flexibility index (Phi) is 5.44. The Hall–Kier alpha value is -0.500.